The predicted octanol–water partition coefficient (Wildman–Crippen LogP) is 6.03. The van der Waals surface area contributed by atoms with Crippen molar-refractivity contribution in [2.75, 3.05) is 38.2 Å². The number of alkyl halides is 6. The van der Waals surface area contributed by atoms with Gasteiger partial charge in [-0.2, -0.15) is 31.4 Å². The van der Waals surface area contributed by atoms with Gasteiger partial charge in [-0.05, 0) is 56.5 Å². The average Bonchev–Trinajstić information content (AvgIpc) is 3.40. The number of allylic oxidation sites excluding steroid dienone is 2. The first-order valence-electron chi connectivity index (χ1n) is 13.4. The number of hydrogen-bond acceptors (Lipinski definition) is 6. The Morgan fingerprint density at radius 2 is 1.79 bits per heavy atom. The van der Waals surface area contributed by atoms with Crippen LogP contribution in [-0.2, 0) is 23.5 Å². The molecule has 0 bridgehead atoms. The number of halogens is 6. The lowest BCUT2D eigenvalue weighted by Crippen LogP contribution is -2.36. The molecule has 0 unspecified atom stereocenters. The Labute approximate surface area is 238 Å². The minimum Gasteiger partial charge on any atom is -0.379 e. The van der Waals surface area contributed by atoms with E-state index in [0.717, 1.165) is 37.8 Å². The van der Waals surface area contributed by atoms with Crippen LogP contribution in [0.25, 0.3) is 11.4 Å². The van der Waals surface area contributed by atoms with Gasteiger partial charge < -0.3 is 10.1 Å². The summed E-state index contributed by atoms with van der Waals surface area (Å²) in [6.45, 7) is 6.93. The van der Waals surface area contributed by atoms with Crippen LogP contribution in [0, 0.1) is 0 Å². The molecule has 42 heavy (non-hydrogen) atoms. The molecule has 1 amide bonds. The SMILES string of the molecule is C/C=C(\CCCN1CCOCC1)c1ncc(NC(=O)c2cnn(-c3ccc(C(F)(F)F)cn3)c2CC)cc1C(F)(F)F. The number of anilines is 1. The highest BCUT2D eigenvalue weighted by Crippen LogP contribution is 2.37. The number of morpholine rings is 1. The lowest BCUT2D eigenvalue weighted by atomic mass is 10.0. The summed E-state index contributed by atoms with van der Waals surface area (Å²) in [5, 5.41) is 6.53. The number of amides is 1. The van der Waals surface area contributed by atoms with Crippen molar-refractivity contribution in [2.24, 2.45) is 0 Å². The van der Waals surface area contributed by atoms with Gasteiger partial charge in [-0.25, -0.2) is 9.67 Å². The third-order valence-corrected chi connectivity index (χ3v) is 6.87. The first-order valence-corrected chi connectivity index (χ1v) is 13.4. The number of ether oxygens (including phenoxy) is 1. The van der Waals surface area contributed by atoms with Crippen molar-refractivity contribution in [2.45, 2.75) is 45.5 Å². The molecule has 1 aliphatic heterocycles. The van der Waals surface area contributed by atoms with Gasteiger partial charge >= 0.3 is 12.4 Å². The van der Waals surface area contributed by atoms with Crippen LogP contribution in [0.4, 0.5) is 32.0 Å². The number of rotatable bonds is 9. The second-order valence-corrected chi connectivity index (χ2v) is 9.62. The predicted molar refractivity (Wildman–Crippen MR) is 143 cm³/mol. The molecule has 14 heteroatoms. The Morgan fingerprint density at radius 3 is 2.38 bits per heavy atom. The molecular weight excluding hydrogens is 566 g/mol. The van der Waals surface area contributed by atoms with E-state index in [9.17, 15) is 31.1 Å². The summed E-state index contributed by atoms with van der Waals surface area (Å²) < 4.78 is 87.6. The van der Waals surface area contributed by atoms with Crippen LogP contribution < -0.4 is 5.32 Å². The monoisotopic (exact) mass is 596 g/mol. The zero-order valence-corrected chi connectivity index (χ0v) is 23.0. The van der Waals surface area contributed by atoms with Gasteiger partial charge in [0.1, 0.15) is 0 Å². The molecule has 3 aromatic heterocycles. The van der Waals surface area contributed by atoms with E-state index in [1.807, 2.05) is 0 Å². The zero-order valence-electron chi connectivity index (χ0n) is 23.0. The Kier molecular flexibility index (Phi) is 9.67. The molecule has 0 saturated carbocycles. The Balaban J connectivity index is 1.53. The maximum atomic E-state index is 14.1. The smallest absolute Gasteiger partial charge is 0.379 e. The van der Waals surface area contributed by atoms with Gasteiger partial charge in [0.15, 0.2) is 5.82 Å². The second kappa shape index (κ2) is 13.0. The Hall–Kier alpha value is -3.78. The quantitative estimate of drug-likeness (QED) is 0.304. The summed E-state index contributed by atoms with van der Waals surface area (Å²) in [4.78, 5) is 23.2. The normalized spacial score (nSPS) is 15.2. The summed E-state index contributed by atoms with van der Waals surface area (Å²) >= 11 is 0. The van der Waals surface area contributed by atoms with Gasteiger partial charge in [0.05, 0.1) is 59.4 Å². The second-order valence-electron chi connectivity index (χ2n) is 9.62. The van der Waals surface area contributed by atoms with Crippen molar-refractivity contribution in [1.82, 2.24) is 24.6 Å². The minimum absolute atomic E-state index is 0.0362. The fourth-order valence-electron chi connectivity index (χ4n) is 4.70. The molecule has 1 saturated heterocycles. The zero-order chi connectivity index (χ0) is 30.5. The van der Waals surface area contributed by atoms with Crippen molar-refractivity contribution in [3.63, 3.8) is 0 Å². The van der Waals surface area contributed by atoms with E-state index in [2.05, 4.69) is 25.3 Å². The van der Waals surface area contributed by atoms with Crippen LogP contribution >= 0.6 is 0 Å². The third-order valence-electron chi connectivity index (χ3n) is 6.87. The lowest BCUT2D eigenvalue weighted by molar-refractivity contribution is -0.138. The maximum absolute atomic E-state index is 14.1. The molecule has 8 nitrogen and oxygen atoms in total. The van der Waals surface area contributed by atoms with Crippen molar-refractivity contribution >= 4 is 17.2 Å². The van der Waals surface area contributed by atoms with Gasteiger partial charge in [-0.1, -0.05) is 13.0 Å². The molecule has 0 spiro atoms. The summed E-state index contributed by atoms with van der Waals surface area (Å²) in [5.41, 5.74) is -1.47. The Bertz CT molecular complexity index is 1410. The molecule has 1 N–H and O–H groups in total. The van der Waals surface area contributed by atoms with Crippen molar-refractivity contribution in [1.29, 1.82) is 0 Å². The van der Waals surface area contributed by atoms with Gasteiger partial charge in [0.2, 0.25) is 0 Å². The van der Waals surface area contributed by atoms with Gasteiger partial charge in [0, 0.05) is 19.3 Å². The van der Waals surface area contributed by atoms with E-state index in [-0.39, 0.29) is 29.2 Å². The highest BCUT2D eigenvalue weighted by Gasteiger charge is 2.36. The van der Waals surface area contributed by atoms with Crippen molar-refractivity contribution < 1.29 is 35.9 Å². The lowest BCUT2D eigenvalue weighted by Gasteiger charge is -2.26. The average molecular weight is 597 g/mol. The number of carbonyl (C=O) groups is 1. The van der Waals surface area contributed by atoms with E-state index >= 15 is 0 Å². The highest BCUT2D eigenvalue weighted by molar-refractivity contribution is 6.05. The van der Waals surface area contributed by atoms with E-state index in [4.69, 9.17) is 4.74 Å². The molecule has 1 fully saturated rings. The molecule has 4 heterocycles. The van der Waals surface area contributed by atoms with E-state index in [1.165, 1.54) is 17.1 Å². The molecule has 0 radical (unpaired) electrons. The number of aromatic nitrogens is 4. The number of carbonyl (C=O) groups excluding carboxylic acids is 1. The van der Waals surface area contributed by atoms with Crippen molar-refractivity contribution in [3.05, 3.63) is 70.9 Å². The van der Waals surface area contributed by atoms with Gasteiger partial charge in [0.25, 0.3) is 5.91 Å². The van der Waals surface area contributed by atoms with E-state index < -0.39 is 29.4 Å². The number of nitrogens with one attached hydrogen (secondary N) is 1. The molecule has 3 aromatic rings. The maximum Gasteiger partial charge on any atom is 0.418 e. The van der Waals surface area contributed by atoms with E-state index in [1.54, 1.807) is 19.9 Å². The summed E-state index contributed by atoms with van der Waals surface area (Å²) in [6.07, 6.45) is -3.38. The number of nitrogens with zero attached hydrogens (tertiary/aromatic N) is 5. The first-order chi connectivity index (χ1) is 19.9. The fraction of sp³-hybridized carbons (Fsp3) is 0.429. The minimum atomic E-state index is -4.73. The summed E-state index contributed by atoms with van der Waals surface area (Å²) in [6, 6.07) is 2.81. The topological polar surface area (TPSA) is 85.2 Å². The van der Waals surface area contributed by atoms with Crippen molar-refractivity contribution in [3.8, 4) is 5.82 Å². The fourth-order valence-corrected chi connectivity index (χ4v) is 4.70. The summed E-state index contributed by atoms with van der Waals surface area (Å²) in [5.74, 6) is -0.693. The van der Waals surface area contributed by atoms with E-state index in [0.29, 0.717) is 43.5 Å². The molecule has 0 aromatic carbocycles. The standard InChI is InChI=1S/C28H30F6N6O2/c1-3-18(6-5-9-39-10-12-42-13-11-39)25-22(28(32,33)34)14-20(16-36-25)38-26(41)21-17-37-40(23(21)4-2)24-8-7-19(15-35-24)27(29,30)31/h3,7-8,14-17H,4-6,9-13H2,1-2H3,(H,38,41)/b18-3+. The molecule has 1 aliphatic rings. The van der Waals surface area contributed by atoms with Crippen LogP contribution in [0.2, 0.25) is 0 Å². The molecule has 0 atom stereocenters. The van der Waals surface area contributed by atoms with Crippen LogP contribution in [0.1, 0.15) is 59.6 Å². The third kappa shape index (κ3) is 7.34. The molecule has 4 rings (SSSR count). The number of pyridine rings is 2. The number of hydrogen-bond donors (Lipinski definition) is 1. The Morgan fingerprint density at radius 1 is 1.05 bits per heavy atom. The summed E-state index contributed by atoms with van der Waals surface area (Å²) in [7, 11) is 0. The molecule has 226 valence electrons. The van der Waals surface area contributed by atoms with Crippen LogP contribution in [0.3, 0.4) is 0 Å². The largest absolute Gasteiger partial charge is 0.418 e. The highest BCUT2D eigenvalue weighted by atomic mass is 19.4. The van der Waals surface area contributed by atoms with Crippen LogP contribution in [0.5, 0.6) is 0 Å². The van der Waals surface area contributed by atoms with Crippen LogP contribution in [-0.4, -0.2) is 63.4 Å². The van der Waals surface area contributed by atoms with Gasteiger partial charge in [-0.15, -0.1) is 0 Å². The van der Waals surface area contributed by atoms with Gasteiger partial charge in [-0.3, -0.25) is 14.7 Å². The molecular formula is C28H30F6N6O2. The first kappa shape index (κ1) is 31.2. The molecule has 0 aliphatic carbocycles. The van der Waals surface area contributed by atoms with Crippen LogP contribution in [0.15, 0.2) is 42.9 Å².